The van der Waals surface area contributed by atoms with Gasteiger partial charge in [-0.25, -0.2) is 18.4 Å². The Morgan fingerprint density at radius 3 is 2.82 bits per heavy atom. The van der Waals surface area contributed by atoms with Crippen LogP contribution < -0.4 is 5.32 Å². The van der Waals surface area contributed by atoms with Gasteiger partial charge in [0.15, 0.2) is 0 Å². The number of nitrogens with one attached hydrogen (secondary N) is 1. The maximum absolute atomic E-state index is 12.9. The molecule has 148 valence electrons. The van der Waals surface area contributed by atoms with Gasteiger partial charge >= 0.3 is 0 Å². The topological polar surface area (TPSA) is 101 Å². The highest BCUT2D eigenvalue weighted by Crippen LogP contribution is 2.34. The molecule has 1 aromatic heterocycles. The van der Waals surface area contributed by atoms with E-state index in [-0.39, 0.29) is 16.8 Å². The lowest BCUT2D eigenvalue weighted by Crippen LogP contribution is -2.40. The van der Waals surface area contributed by atoms with Gasteiger partial charge in [0.2, 0.25) is 10.0 Å². The number of fused-ring (bicyclic) bond motifs is 1. The highest BCUT2D eigenvalue weighted by atomic mass is 32.2. The molecule has 0 saturated carbocycles. The molecule has 1 saturated heterocycles. The summed E-state index contributed by atoms with van der Waals surface area (Å²) in [6, 6.07) is 4.98. The van der Waals surface area contributed by atoms with Crippen molar-refractivity contribution in [1.29, 1.82) is 0 Å². The van der Waals surface area contributed by atoms with Crippen LogP contribution in [0, 0.1) is 6.92 Å². The molecule has 2 aliphatic rings. The van der Waals surface area contributed by atoms with Gasteiger partial charge in [-0.05, 0) is 43.0 Å². The van der Waals surface area contributed by atoms with Gasteiger partial charge in [0.05, 0.1) is 35.4 Å². The van der Waals surface area contributed by atoms with E-state index in [1.807, 2.05) is 6.07 Å². The zero-order valence-electron chi connectivity index (χ0n) is 15.6. The minimum absolute atomic E-state index is 0.234. The number of hydrogen-bond acceptors (Lipinski definition) is 6. The van der Waals surface area contributed by atoms with E-state index in [1.54, 1.807) is 19.1 Å². The molecule has 1 fully saturated rings. The van der Waals surface area contributed by atoms with Crippen LogP contribution in [0.3, 0.4) is 0 Å². The molecule has 0 bridgehead atoms. The standard InChI is InChI=1S/C19H22N4O4S/c1-13-17(11-20-12-21-13)19(24)22-18-5-3-14-2-4-15(10-16(14)18)28(25,26)23-6-8-27-9-7-23/h2,4,10-12,18H,3,5-9H2,1H3,(H,22,24). The molecule has 1 aliphatic heterocycles. The molecule has 0 spiro atoms. The van der Waals surface area contributed by atoms with Gasteiger partial charge in [0.25, 0.3) is 5.91 Å². The number of aryl methyl sites for hydroxylation is 2. The van der Waals surface area contributed by atoms with Crippen LogP contribution in [0.1, 0.15) is 39.6 Å². The number of sulfonamides is 1. The van der Waals surface area contributed by atoms with E-state index in [0.717, 1.165) is 24.0 Å². The first kappa shape index (κ1) is 19.0. The normalized spacial score (nSPS) is 20.0. The Bertz CT molecular complexity index is 1000. The van der Waals surface area contributed by atoms with Crippen LogP contribution >= 0.6 is 0 Å². The average Bonchev–Trinajstić information content (AvgIpc) is 3.11. The summed E-state index contributed by atoms with van der Waals surface area (Å²) in [4.78, 5) is 20.9. The molecule has 9 heteroatoms. The number of ether oxygens (including phenoxy) is 1. The number of amides is 1. The number of benzene rings is 1. The van der Waals surface area contributed by atoms with Gasteiger partial charge in [-0.15, -0.1) is 0 Å². The van der Waals surface area contributed by atoms with Gasteiger partial charge in [-0.1, -0.05) is 6.07 Å². The lowest BCUT2D eigenvalue weighted by molar-refractivity contribution is 0.0730. The van der Waals surface area contributed by atoms with E-state index in [2.05, 4.69) is 15.3 Å². The predicted molar refractivity (Wildman–Crippen MR) is 101 cm³/mol. The van der Waals surface area contributed by atoms with Gasteiger partial charge in [-0.2, -0.15) is 4.31 Å². The SMILES string of the molecule is Cc1ncncc1C(=O)NC1CCc2ccc(S(=O)(=O)N3CCOCC3)cc21. The second kappa shape index (κ2) is 7.57. The number of carbonyl (C=O) groups excluding carboxylic acids is 1. The maximum atomic E-state index is 12.9. The van der Waals surface area contributed by atoms with Crippen LogP contribution in [0.4, 0.5) is 0 Å². The molecule has 2 aromatic rings. The third-order valence-electron chi connectivity index (χ3n) is 5.26. The molecule has 2 heterocycles. The summed E-state index contributed by atoms with van der Waals surface area (Å²) in [5.74, 6) is -0.252. The van der Waals surface area contributed by atoms with E-state index < -0.39 is 10.0 Å². The first-order valence-corrected chi connectivity index (χ1v) is 10.7. The third-order valence-corrected chi connectivity index (χ3v) is 7.16. The number of rotatable bonds is 4. The summed E-state index contributed by atoms with van der Waals surface area (Å²) in [6.45, 7) is 3.27. The van der Waals surface area contributed by atoms with Crippen molar-refractivity contribution < 1.29 is 17.9 Å². The van der Waals surface area contributed by atoms with Crippen molar-refractivity contribution in [3.05, 3.63) is 53.1 Å². The molecule has 1 atom stereocenters. The second-order valence-electron chi connectivity index (χ2n) is 6.96. The molecule has 1 unspecified atom stereocenters. The Kier molecular flexibility index (Phi) is 5.13. The quantitative estimate of drug-likeness (QED) is 0.825. The summed E-state index contributed by atoms with van der Waals surface area (Å²) >= 11 is 0. The lowest BCUT2D eigenvalue weighted by Gasteiger charge is -2.26. The molecular formula is C19H22N4O4S. The fourth-order valence-electron chi connectivity index (χ4n) is 3.68. The summed E-state index contributed by atoms with van der Waals surface area (Å²) in [6.07, 6.45) is 4.42. The highest BCUT2D eigenvalue weighted by molar-refractivity contribution is 7.89. The zero-order chi connectivity index (χ0) is 19.7. The number of morpholine rings is 1. The number of hydrogen-bond donors (Lipinski definition) is 1. The van der Waals surface area contributed by atoms with Gasteiger partial charge in [0, 0.05) is 19.3 Å². The monoisotopic (exact) mass is 402 g/mol. The van der Waals surface area contributed by atoms with Crippen molar-refractivity contribution >= 4 is 15.9 Å². The van der Waals surface area contributed by atoms with E-state index in [4.69, 9.17) is 4.74 Å². The van der Waals surface area contributed by atoms with Crippen molar-refractivity contribution in [1.82, 2.24) is 19.6 Å². The molecular weight excluding hydrogens is 380 g/mol. The molecule has 1 aliphatic carbocycles. The molecule has 1 aromatic carbocycles. The third kappa shape index (κ3) is 3.52. The van der Waals surface area contributed by atoms with Crippen LogP contribution in [-0.2, 0) is 21.2 Å². The Labute approximate surface area is 164 Å². The van der Waals surface area contributed by atoms with Gasteiger partial charge in [0.1, 0.15) is 6.33 Å². The van der Waals surface area contributed by atoms with Crippen LogP contribution in [0.25, 0.3) is 0 Å². The maximum Gasteiger partial charge on any atom is 0.255 e. The van der Waals surface area contributed by atoms with Crippen LogP contribution in [0.5, 0.6) is 0 Å². The average molecular weight is 402 g/mol. The van der Waals surface area contributed by atoms with E-state index in [0.29, 0.717) is 37.6 Å². The van der Waals surface area contributed by atoms with Crippen LogP contribution in [0.2, 0.25) is 0 Å². The van der Waals surface area contributed by atoms with Crippen molar-refractivity contribution in [2.45, 2.75) is 30.7 Å². The molecule has 0 radical (unpaired) electrons. The Hall–Kier alpha value is -2.36. The summed E-state index contributed by atoms with van der Waals surface area (Å²) in [7, 11) is -3.57. The molecule has 28 heavy (non-hydrogen) atoms. The Balaban J connectivity index is 1.58. The molecule has 8 nitrogen and oxygen atoms in total. The number of aromatic nitrogens is 2. The van der Waals surface area contributed by atoms with E-state index in [9.17, 15) is 13.2 Å². The van der Waals surface area contributed by atoms with E-state index >= 15 is 0 Å². The zero-order valence-corrected chi connectivity index (χ0v) is 16.4. The minimum atomic E-state index is -3.57. The molecule has 1 amide bonds. The van der Waals surface area contributed by atoms with Gasteiger partial charge < -0.3 is 10.1 Å². The summed E-state index contributed by atoms with van der Waals surface area (Å²) < 4.78 is 32.6. The van der Waals surface area contributed by atoms with Crippen LogP contribution in [0.15, 0.2) is 35.6 Å². The fourth-order valence-corrected chi connectivity index (χ4v) is 5.12. The van der Waals surface area contributed by atoms with Crippen molar-refractivity contribution in [2.24, 2.45) is 0 Å². The summed E-state index contributed by atoms with van der Waals surface area (Å²) in [5.41, 5.74) is 2.95. The first-order valence-electron chi connectivity index (χ1n) is 9.25. The number of nitrogens with zero attached hydrogens (tertiary/aromatic N) is 3. The van der Waals surface area contributed by atoms with Crippen molar-refractivity contribution in [3.8, 4) is 0 Å². The van der Waals surface area contributed by atoms with Crippen molar-refractivity contribution in [3.63, 3.8) is 0 Å². The second-order valence-corrected chi connectivity index (χ2v) is 8.90. The smallest absolute Gasteiger partial charge is 0.255 e. The first-order chi connectivity index (χ1) is 13.5. The minimum Gasteiger partial charge on any atom is -0.379 e. The molecule has 1 N–H and O–H groups in total. The van der Waals surface area contributed by atoms with E-state index in [1.165, 1.54) is 16.8 Å². The fraction of sp³-hybridized carbons (Fsp3) is 0.421. The summed E-state index contributed by atoms with van der Waals surface area (Å²) in [5, 5.41) is 3.00. The Morgan fingerprint density at radius 2 is 2.07 bits per heavy atom. The predicted octanol–water partition coefficient (Wildman–Crippen LogP) is 1.22. The van der Waals surface area contributed by atoms with Crippen LogP contribution in [-0.4, -0.2) is 54.9 Å². The number of carbonyl (C=O) groups is 1. The molecule has 4 rings (SSSR count). The highest BCUT2D eigenvalue weighted by Gasteiger charge is 2.30. The lowest BCUT2D eigenvalue weighted by atomic mass is 10.1. The van der Waals surface area contributed by atoms with Gasteiger partial charge in [-0.3, -0.25) is 4.79 Å². The Morgan fingerprint density at radius 1 is 1.29 bits per heavy atom. The largest absolute Gasteiger partial charge is 0.379 e. The van der Waals surface area contributed by atoms with Crippen molar-refractivity contribution in [2.75, 3.05) is 26.3 Å².